The van der Waals surface area contributed by atoms with Crippen LogP contribution < -0.4 is 10.2 Å². The third-order valence-corrected chi connectivity index (χ3v) is 4.13. The number of pyridine rings is 1. The molecule has 5 nitrogen and oxygen atoms in total. The van der Waals surface area contributed by atoms with Gasteiger partial charge in [-0.05, 0) is 34.5 Å². The predicted molar refractivity (Wildman–Crippen MR) is 79.4 cm³/mol. The Balaban J connectivity index is 2.28. The van der Waals surface area contributed by atoms with E-state index < -0.39 is 0 Å². The van der Waals surface area contributed by atoms with Gasteiger partial charge in [0.15, 0.2) is 0 Å². The molecule has 0 aliphatic carbocycles. The third kappa shape index (κ3) is 3.06. The van der Waals surface area contributed by atoms with Crippen molar-refractivity contribution in [2.24, 2.45) is 0 Å². The van der Waals surface area contributed by atoms with Crippen LogP contribution in [0, 0.1) is 6.92 Å². The number of rotatable bonds is 2. The van der Waals surface area contributed by atoms with Gasteiger partial charge in [-0.15, -0.1) is 0 Å². The molecule has 19 heavy (non-hydrogen) atoms. The molecule has 1 fully saturated rings. The van der Waals surface area contributed by atoms with Gasteiger partial charge in [-0.25, -0.2) is 4.98 Å². The molecular weight excluding hydrogens is 308 g/mol. The van der Waals surface area contributed by atoms with E-state index in [1.165, 1.54) is 0 Å². The molecule has 0 aromatic carbocycles. The van der Waals surface area contributed by atoms with Gasteiger partial charge in [-0.1, -0.05) is 0 Å². The smallest absolute Gasteiger partial charge is 0.246 e. The van der Waals surface area contributed by atoms with Crippen molar-refractivity contribution in [3.63, 3.8) is 0 Å². The summed E-state index contributed by atoms with van der Waals surface area (Å²) < 4.78 is 0.988. The number of amides is 1. The molecule has 1 atom stereocenters. The van der Waals surface area contributed by atoms with Crippen molar-refractivity contribution in [2.45, 2.75) is 13.0 Å². The lowest BCUT2D eigenvalue weighted by Gasteiger charge is -2.37. The molecule has 0 spiro atoms. The molecule has 1 aliphatic rings. The Labute approximate surface area is 122 Å². The van der Waals surface area contributed by atoms with E-state index in [2.05, 4.69) is 31.1 Å². The van der Waals surface area contributed by atoms with Crippen molar-refractivity contribution >= 4 is 27.7 Å². The first-order valence-corrected chi connectivity index (χ1v) is 7.10. The van der Waals surface area contributed by atoms with Gasteiger partial charge in [0.25, 0.3) is 0 Å². The van der Waals surface area contributed by atoms with Crippen LogP contribution in [0.2, 0.25) is 0 Å². The molecule has 1 saturated heterocycles. The van der Waals surface area contributed by atoms with Crippen molar-refractivity contribution in [1.82, 2.24) is 15.2 Å². The van der Waals surface area contributed by atoms with Gasteiger partial charge in [0.1, 0.15) is 11.9 Å². The van der Waals surface area contributed by atoms with Crippen LogP contribution >= 0.6 is 15.9 Å². The number of hydrogen-bond acceptors (Lipinski definition) is 4. The van der Waals surface area contributed by atoms with Crippen LogP contribution in [0.5, 0.6) is 0 Å². The SMILES string of the molecule is Cc1cc(N2CCNCC2C(=O)N(C)C)ncc1Br. The summed E-state index contributed by atoms with van der Waals surface area (Å²) in [5.74, 6) is 0.969. The molecule has 2 rings (SSSR count). The Morgan fingerprint density at radius 2 is 2.32 bits per heavy atom. The number of halogens is 1. The topological polar surface area (TPSA) is 48.5 Å². The van der Waals surface area contributed by atoms with Crippen molar-refractivity contribution in [3.8, 4) is 0 Å². The minimum Gasteiger partial charge on any atom is -0.347 e. The minimum atomic E-state index is -0.183. The molecule has 0 radical (unpaired) electrons. The molecule has 0 saturated carbocycles. The summed E-state index contributed by atoms with van der Waals surface area (Å²) in [5, 5.41) is 3.27. The standard InChI is InChI=1S/C13H19BrN4O/c1-9-6-12(16-7-10(9)14)18-5-4-15-8-11(18)13(19)17(2)3/h6-7,11,15H,4-5,8H2,1-3H3. The molecule has 1 N–H and O–H groups in total. The van der Waals surface area contributed by atoms with E-state index in [-0.39, 0.29) is 11.9 Å². The molecule has 1 aliphatic heterocycles. The fourth-order valence-corrected chi connectivity index (χ4v) is 2.40. The maximum absolute atomic E-state index is 12.2. The molecule has 1 aromatic rings. The summed E-state index contributed by atoms with van der Waals surface area (Å²) >= 11 is 3.45. The summed E-state index contributed by atoms with van der Waals surface area (Å²) in [5.41, 5.74) is 1.12. The number of likely N-dealkylation sites (N-methyl/N-ethyl adjacent to an activating group) is 1. The van der Waals surface area contributed by atoms with Gasteiger partial charge >= 0.3 is 0 Å². The van der Waals surface area contributed by atoms with Gasteiger partial charge in [0.05, 0.1) is 0 Å². The number of piperazine rings is 1. The van der Waals surface area contributed by atoms with Crippen LogP contribution in [-0.2, 0) is 4.79 Å². The number of aromatic nitrogens is 1. The van der Waals surface area contributed by atoms with E-state index in [9.17, 15) is 4.79 Å². The van der Waals surface area contributed by atoms with Gasteiger partial charge < -0.3 is 15.1 Å². The summed E-state index contributed by atoms with van der Waals surface area (Å²) in [6.07, 6.45) is 1.80. The monoisotopic (exact) mass is 326 g/mol. The lowest BCUT2D eigenvalue weighted by atomic mass is 10.1. The average Bonchev–Trinajstić information content (AvgIpc) is 2.41. The summed E-state index contributed by atoms with van der Waals surface area (Å²) in [6.45, 7) is 4.35. The number of carbonyl (C=O) groups is 1. The van der Waals surface area contributed by atoms with Crippen molar-refractivity contribution < 1.29 is 4.79 Å². The fraction of sp³-hybridized carbons (Fsp3) is 0.538. The first kappa shape index (κ1) is 14.3. The van der Waals surface area contributed by atoms with Gasteiger partial charge in [-0.3, -0.25) is 4.79 Å². The van der Waals surface area contributed by atoms with Crippen LogP contribution in [0.15, 0.2) is 16.7 Å². The number of hydrogen-bond donors (Lipinski definition) is 1. The van der Waals surface area contributed by atoms with E-state index >= 15 is 0 Å². The third-order valence-electron chi connectivity index (χ3n) is 3.30. The van der Waals surface area contributed by atoms with Crippen LogP contribution in [-0.4, -0.2) is 55.6 Å². The van der Waals surface area contributed by atoms with Crippen LogP contribution in [0.1, 0.15) is 5.56 Å². The molecule has 1 amide bonds. The molecular formula is C13H19BrN4O. The predicted octanol–water partition coefficient (Wildman–Crippen LogP) is 1.02. The Bertz CT molecular complexity index is 478. The largest absolute Gasteiger partial charge is 0.347 e. The first-order valence-electron chi connectivity index (χ1n) is 6.31. The zero-order valence-corrected chi connectivity index (χ0v) is 13.1. The van der Waals surface area contributed by atoms with E-state index in [0.717, 1.165) is 28.9 Å². The lowest BCUT2D eigenvalue weighted by molar-refractivity contribution is -0.130. The second kappa shape index (κ2) is 5.88. The fourth-order valence-electron chi connectivity index (χ4n) is 2.18. The summed E-state index contributed by atoms with van der Waals surface area (Å²) in [4.78, 5) is 20.4. The second-order valence-corrected chi connectivity index (χ2v) is 5.79. The molecule has 2 heterocycles. The Morgan fingerprint density at radius 3 is 2.95 bits per heavy atom. The quantitative estimate of drug-likeness (QED) is 0.881. The summed E-state index contributed by atoms with van der Waals surface area (Å²) in [7, 11) is 3.57. The van der Waals surface area contributed by atoms with Crippen LogP contribution in [0.3, 0.4) is 0 Å². The van der Waals surface area contributed by atoms with Crippen molar-refractivity contribution in [3.05, 3.63) is 22.3 Å². The summed E-state index contributed by atoms with van der Waals surface area (Å²) in [6, 6.07) is 1.84. The van der Waals surface area contributed by atoms with E-state index in [0.29, 0.717) is 6.54 Å². The molecule has 0 bridgehead atoms. The van der Waals surface area contributed by atoms with E-state index in [4.69, 9.17) is 0 Å². The Kier molecular flexibility index (Phi) is 4.42. The average molecular weight is 327 g/mol. The number of anilines is 1. The maximum Gasteiger partial charge on any atom is 0.246 e. The highest BCUT2D eigenvalue weighted by molar-refractivity contribution is 9.10. The molecule has 104 valence electrons. The highest BCUT2D eigenvalue weighted by atomic mass is 79.9. The number of nitrogens with one attached hydrogen (secondary N) is 1. The number of carbonyl (C=O) groups excluding carboxylic acids is 1. The van der Waals surface area contributed by atoms with Gasteiger partial charge in [0.2, 0.25) is 5.91 Å². The maximum atomic E-state index is 12.2. The highest BCUT2D eigenvalue weighted by Crippen LogP contribution is 2.22. The first-order chi connectivity index (χ1) is 9.00. The number of aryl methyl sites for hydroxylation is 1. The highest BCUT2D eigenvalue weighted by Gasteiger charge is 2.30. The normalized spacial score (nSPS) is 19.4. The van der Waals surface area contributed by atoms with Crippen molar-refractivity contribution in [2.75, 3.05) is 38.6 Å². The number of nitrogens with zero attached hydrogens (tertiary/aromatic N) is 3. The Morgan fingerprint density at radius 1 is 1.58 bits per heavy atom. The molecule has 6 heteroatoms. The van der Waals surface area contributed by atoms with E-state index in [1.807, 2.05) is 13.0 Å². The van der Waals surface area contributed by atoms with Crippen LogP contribution in [0.25, 0.3) is 0 Å². The van der Waals surface area contributed by atoms with Crippen molar-refractivity contribution in [1.29, 1.82) is 0 Å². The van der Waals surface area contributed by atoms with Gasteiger partial charge in [0, 0.05) is 44.4 Å². The molecule has 1 aromatic heterocycles. The second-order valence-electron chi connectivity index (χ2n) is 4.94. The zero-order valence-electron chi connectivity index (χ0n) is 11.5. The lowest BCUT2D eigenvalue weighted by Crippen LogP contribution is -2.58. The minimum absolute atomic E-state index is 0.106. The zero-order chi connectivity index (χ0) is 14.0. The molecule has 1 unspecified atom stereocenters. The Hall–Kier alpha value is -1.14. The van der Waals surface area contributed by atoms with Gasteiger partial charge in [-0.2, -0.15) is 0 Å². The van der Waals surface area contributed by atoms with E-state index in [1.54, 1.807) is 25.2 Å². The van der Waals surface area contributed by atoms with Crippen LogP contribution in [0.4, 0.5) is 5.82 Å².